The van der Waals surface area contributed by atoms with E-state index in [0.29, 0.717) is 25.0 Å². The van der Waals surface area contributed by atoms with Gasteiger partial charge in [-0.25, -0.2) is 0 Å². The highest BCUT2D eigenvalue weighted by atomic mass is 16.5. The molecule has 0 fully saturated rings. The Morgan fingerprint density at radius 3 is 2.71 bits per heavy atom. The van der Waals surface area contributed by atoms with Crippen molar-refractivity contribution in [1.29, 1.82) is 0 Å². The van der Waals surface area contributed by atoms with Crippen molar-refractivity contribution in [3.8, 4) is 0 Å². The van der Waals surface area contributed by atoms with Crippen molar-refractivity contribution >= 4 is 5.96 Å². The summed E-state index contributed by atoms with van der Waals surface area (Å²) in [6.07, 6.45) is 1.10. The van der Waals surface area contributed by atoms with E-state index in [-0.39, 0.29) is 0 Å². The zero-order chi connectivity index (χ0) is 10.8. The first-order valence-corrected chi connectivity index (χ1v) is 5.28. The standard InChI is InChI=1S/C10H23N3O/c1-4-12-10(11)13-6-8-14-7-5-9(2)3/h9H,4-8H2,1-3H3,(H3,11,12,13). The van der Waals surface area contributed by atoms with Crippen LogP contribution in [-0.2, 0) is 4.74 Å². The van der Waals surface area contributed by atoms with E-state index in [0.717, 1.165) is 19.6 Å². The second kappa shape index (κ2) is 8.81. The molecule has 0 aromatic carbocycles. The molecule has 0 saturated carbocycles. The van der Waals surface area contributed by atoms with Crippen LogP contribution in [0.4, 0.5) is 0 Å². The maximum atomic E-state index is 5.53. The molecule has 0 amide bonds. The minimum atomic E-state index is 0.500. The minimum Gasteiger partial charge on any atom is -0.380 e. The Morgan fingerprint density at radius 2 is 2.14 bits per heavy atom. The molecule has 0 aromatic rings. The Balaban J connectivity index is 3.24. The average Bonchev–Trinajstić information content (AvgIpc) is 2.11. The van der Waals surface area contributed by atoms with Crippen molar-refractivity contribution in [2.75, 3.05) is 26.3 Å². The van der Waals surface area contributed by atoms with Gasteiger partial charge in [-0.15, -0.1) is 0 Å². The molecule has 4 heteroatoms. The minimum absolute atomic E-state index is 0.500. The van der Waals surface area contributed by atoms with Crippen molar-refractivity contribution in [3.63, 3.8) is 0 Å². The normalized spacial score (nSPS) is 12.1. The smallest absolute Gasteiger partial charge is 0.188 e. The molecular formula is C10H23N3O. The summed E-state index contributed by atoms with van der Waals surface area (Å²) in [5, 5.41) is 2.93. The second-order valence-corrected chi connectivity index (χ2v) is 3.59. The highest BCUT2D eigenvalue weighted by molar-refractivity contribution is 5.77. The Morgan fingerprint density at radius 1 is 1.43 bits per heavy atom. The summed E-state index contributed by atoms with van der Waals surface area (Å²) in [7, 11) is 0. The van der Waals surface area contributed by atoms with E-state index < -0.39 is 0 Å². The van der Waals surface area contributed by atoms with E-state index in [2.05, 4.69) is 24.2 Å². The first-order valence-electron chi connectivity index (χ1n) is 5.28. The van der Waals surface area contributed by atoms with Crippen LogP contribution >= 0.6 is 0 Å². The number of guanidine groups is 1. The Hall–Kier alpha value is -0.770. The SMILES string of the molecule is CCNC(N)=NCCOCCC(C)C. The Bertz CT molecular complexity index is 157. The fraction of sp³-hybridized carbons (Fsp3) is 0.900. The summed E-state index contributed by atoms with van der Waals surface area (Å²) in [4.78, 5) is 4.09. The number of aliphatic imine (C=N–C) groups is 1. The molecule has 0 aliphatic heterocycles. The molecule has 3 N–H and O–H groups in total. The van der Waals surface area contributed by atoms with Gasteiger partial charge in [0.05, 0.1) is 13.2 Å². The third kappa shape index (κ3) is 9.32. The number of nitrogens with zero attached hydrogens (tertiary/aromatic N) is 1. The van der Waals surface area contributed by atoms with Crippen LogP contribution < -0.4 is 11.1 Å². The van der Waals surface area contributed by atoms with Gasteiger partial charge in [-0.2, -0.15) is 0 Å². The van der Waals surface area contributed by atoms with Gasteiger partial charge in [0.2, 0.25) is 0 Å². The van der Waals surface area contributed by atoms with E-state index in [1.807, 2.05) is 6.92 Å². The summed E-state index contributed by atoms with van der Waals surface area (Å²) in [6.45, 7) is 9.27. The maximum absolute atomic E-state index is 5.53. The lowest BCUT2D eigenvalue weighted by Crippen LogP contribution is -2.31. The van der Waals surface area contributed by atoms with Crippen molar-refractivity contribution in [2.45, 2.75) is 27.2 Å². The number of nitrogens with one attached hydrogen (secondary N) is 1. The first kappa shape index (κ1) is 13.2. The van der Waals surface area contributed by atoms with Crippen LogP contribution in [0.5, 0.6) is 0 Å². The molecule has 4 nitrogen and oxygen atoms in total. The Labute approximate surface area is 86.9 Å². The summed E-state index contributed by atoms with van der Waals surface area (Å²) in [5.74, 6) is 1.20. The van der Waals surface area contributed by atoms with E-state index in [9.17, 15) is 0 Å². The molecule has 0 rings (SSSR count). The molecule has 0 aliphatic carbocycles. The van der Waals surface area contributed by atoms with Crippen LogP contribution in [0, 0.1) is 5.92 Å². The second-order valence-electron chi connectivity index (χ2n) is 3.59. The lowest BCUT2D eigenvalue weighted by Gasteiger charge is -2.05. The van der Waals surface area contributed by atoms with Gasteiger partial charge in [0.15, 0.2) is 5.96 Å². The van der Waals surface area contributed by atoms with Crippen molar-refractivity contribution in [1.82, 2.24) is 5.32 Å². The van der Waals surface area contributed by atoms with Crippen LogP contribution in [0.15, 0.2) is 4.99 Å². The highest BCUT2D eigenvalue weighted by Crippen LogP contribution is 1.98. The van der Waals surface area contributed by atoms with Crippen molar-refractivity contribution < 1.29 is 4.74 Å². The van der Waals surface area contributed by atoms with Crippen molar-refractivity contribution in [2.24, 2.45) is 16.6 Å². The number of hydrogen-bond acceptors (Lipinski definition) is 2. The molecule has 0 spiro atoms. The molecule has 0 unspecified atom stereocenters. The van der Waals surface area contributed by atoms with Gasteiger partial charge in [-0.3, -0.25) is 4.99 Å². The lowest BCUT2D eigenvalue weighted by atomic mass is 10.1. The third-order valence-electron chi connectivity index (χ3n) is 1.72. The molecular weight excluding hydrogens is 178 g/mol. The van der Waals surface area contributed by atoms with E-state index >= 15 is 0 Å². The predicted octanol–water partition coefficient (Wildman–Crippen LogP) is 0.973. The van der Waals surface area contributed by atoms with E-state index in [1.165, 1.54) is 0 Å². The van der Waals surface area contributed by atoms with Gasteiger partial charge in [0, 0.05) is 13.2 Å². The number of nitrogens with two attached hydrogens (primary N) is 1. The van der Waals surface area contributed by atoms with Crippen LogP contribution in [0.1, 0.15) is 27.2 Å². The number of ether oxygens (including phenoxy) is 1. The summed E-state index contributed by atoms with van der Waals surface area (Å²) >= 11 is 0. The molecule has 0 radical (unpaired) electrons. The molecule has 84 valence electrons. The van der Waals surface area contributed by atoms with Gasteiger partial charge in [0.1, 0.15) is 0 Å². The fourth-order valence-electron chi connectivity index (χ4n) is 0.889. The molecule has 0 aromatic heterocycles. The summed E-state index contributed by atoms with van der Waals surface area (Å²) in [6, 6.07) is 0. The van der Waals surface area contributed by atoms with E-state index in [4.69, 9.17) is 10.5 Å². The molecule has 0 atom stereocenters. The molecule has 0 saturated heterocycles. The lowest BCUT2D eigenvalue weighted by molar-refractivity contribution is 0.130. The highest BCUT2D eigenvalue weighted by Gasteiger charge is 1.93. The zero-order valence-electron chi connectivity index (χ0n) is 9.55. The average molecular weight is 201 g/mol. The maximum Gasteiger partial charge on any atom is 0.188 e. The number of hydrogen-bond donors (Lipinski definition) is 2. The van der Waals surface area contributed by atoms with Crippen molar-refractivity contribution in [3.05, 3.63) is 0 Å². The monoisotopic (exact) mass is 201 g/mol. The van der Waals surface area contributed by atoms with Crippen LogP contribution in [0.25, 0.3) is 0 Å². The largest absolute Gasteiger partial charge is 0.380 e. The van der Waals surface area contributed by atoms with Gasteiger partial charge in [-0.05, 0) is 19.3 Å². The molecule has 0 bridgehead atoms. The fourth-order valence-corrected chi connectivity index (χ4v) is 0.889. The Kier molecular flexibility index (Phi) is 8.33. The van der Waals surface area contributed by atoms with Gasteiger partial charge in [-0.1, -0.05) is 13.8 Å². The summed E-state index contributed by atoms with van der Waals surface area (Å²) < 4.78 is 5.38. The summed E-state index contributed by atoms with van der Waals surface area (Å²) in [5.41, 5.74) is 5.53. The van der Waals surface area contributed by atoms with Gasteiger partial charge < -0.3 is 15.8 Å². The van der Waals surface area contributed by atoms with E-state index in [1.54, 1.807) is 0 Å². The third-order valence-corrected chi connectivity index (χ3v) is 1.72. The van der Waals surface area contributed by atoms with Crippen LogP contribution in [0.2, 0.25) is 0 Å². The predicted molar refractivity (Wildman–Crippen MR) is 60.4 cm³/mol. The van der Waals surface area contributed by atoms with Crippen LogP contribution in [-0.4, -0.2) is 32.3 Å². The number of rotatable bonds is 7. The van der Waals surface area contributed by atoms with Crippen LogP contribution in [0.3, 0.4) is 0 Å². The first-order chi connectivity index (χ1) is 6.66. The van der Waals surface area contributed by atoms with Gasteiger partial charge in [0.25, 0.3) is 0 Å². The molecule has 14 heavy (non-hydrogen) atoms. The molecule has 0 heterocycles. The zero-order valence-corrected chi connectivity index (χ0v) is 9.55. The van der Waals surface area contributed by atoms with Gasteiger partial charge >= 0.3 is 0 Å². The quantitative estimate of drug-likeness (QED) is 0.366. The topological polar surface area (TPSA) is 59.6 Å². The molecule has 0 aliphatic rings.